The van der Waals surface area contributed by atoms with Crippen LogP contribution in [0.4, 0.5) is 0 Å². The van der Waals surface area contributed by atoms with E-state index in [2.05, 4.69) is 18.2 Å². The molecule has 0 spiro atoms. The van der Waals surface area contributed by atoms with Crippen LogP contribution in [0.25, 0.3) is 96.8 Å². The highest BCUT2D eigenvalue weighted by atomic mass is 32.1. The quantitative estimate of drug-likeness (QED) is 0.182. The molecular weight excluding hydrogens is 647 g/mol. The van der Waals surface area contributed by atoms with Gasteiger partial charge in [0.25, 0.3) is 0 Å². The summed E-state index contributed by atoms with van der Waals surface area (Å²) in [5.41, 5.74) is 4.80. The van der Waals surface area contributed by atoms with Crippen LogP contribution in [-0.2, 0) is 0 Å². The van der Waals surface area contributed by atoms with Crippen molar-refractivity contribution in [2.45, 2.75) is 0 Å². The van der Waals surface area contributed by atoms with Gasteiger partial charge in [-0.05, 0) is 40.4 Å². The Morgan fingerprint density at radius 3 is 1.88 bits per heavy atom. The lowest BCUT2D eigenvalue weighted by atomic mass is 9.99. The van der Waals surface area contributed by atoms with E-state index in [1.54, 1.807) is 11.3 Å². The molecule has 0 radical (unpaired) electrons. The highest BCUT2D eigenvalue weighted by Gasteiger charge is 2.18. The highest BCUT2D eigenvalue weighted by molar-refractivity contribution is 7.26. The Morgan fingerprint density at radius 2 is 1.06 bits per heavy atom. The van der Waals surface area contributed by atoms with Crippen molar-refractivity contribution in [3.05, 3.63) is 164 Å². The van der Waals surface area contributed by atoms with Gasteiger partial charge in [-0.2, -0.15) is 0 Å². The molecule has 0 fully saturated rings. The number of fused-ring (bicyclic) bond motifs is 6. The zero-order chi connectivity index (χ0) is 38.2. The molecule has 0 bridgehead atoms. The van der Waals surface area contributed by atoms with E-state index in [9.17, 15) is 4.11 Å². The first-order chi connectivity index (χ1) is 27.3. The molecule has 0 aliphatic rings. The molecule has 3 aromatic heterocycles. The first kappa shape index (κ1) is 23.4. The largest absolute Gasteiger partial charge is 0.208 e. The maximum atomic E-state index is 9.64. The van der Waals surface area contributed by atoms with Crippen LogP contribution in [-0.4, -0.2) is 15.0 Å². The Labute approximate surface area is 305 Å². The highest BCUT2D eigenvalue weighted by Crippen LogP contribution is 2.43. The van der Waals surface area contributed by atoms with Crippen molar-refractivity contribution in [1.82, 2.24) is 15.0 Å². The second-order valence-electron chi connectivity index (χ2n) is 11.9. The Morgan fingerprint density at radius 1 is 0.400 bits per heavy atom. The summed E-state index contributed by atoms with van der Waals surface area (Å²) < 4.78 is 58.3. The van der Waals surface area contributed by atoms with Crippen LogP contribution in [0.2, 0.25) is 0 Å². The minimum absolute atomic E-state index is 0.0552. The summed E-state index contributed by atoms with van der Waals surface area (Å²) in [5, 5.41) is 2.63. The van der Waals surface area contributed by atoms with Crippen molar-refractivity contribution < 1.29 is 8.22 Å². The fourth-order valence-corrected chi connectivity index (χ4v) is 8.75. The normalized spacial score (nSPS) is 13.3. The molecule has 0 amide bonds. The molecule has 10 rings (SSSR count). The van der Waals surface area contributed by atoms with E-state index in [0.717, 1.165) is 42.4 Å². The summed E-state index contributed by atoms with van der Waals surface area (Å²) in [4.78, 5) is 14.8. The van der Waals surface area contributed by atoms with Gasteiger partial charge in [0.05, 0.1) is 8.22 Å². The van der Waals surface area contributed by atoms with Crippen LogP contribution in [0.5, 0.6) is 0 Å². The summed E-state index contributed by atoms with van der Waals surface area (Å²) >= 11 is 2.89. The summed E-state index contributed by atoms with van der Waals surface area (Å²) in [7, 11) is 0. The number of aromatic nitrogens is 3. The van der Waals surface area contributed by atoms with Gasteiger partial charge in [0.2, 0.25) is 0 Å². The van der Waals surface area contributed by atoms with Gasteiger partial charge in [-0.1, -0.05) is 145 Å². The van der Waals surface area contributed by atoms with Crippen molar-refractivity contribution in [3.8, 4) is 56.4 Å². The average molecular weight is 680 g/mol. The zero-order valence-electron chi connectivity index (χ0n) is 32.3. The van der Waals surface area contributed by atoms with Gasteiger partial charge >= 0.3 is 0 Å². The van der Waals surface area contributed by atoms with Gasteiger partial charge in [-0.3, -0.25) is 0 Å². The molecule has 0 unspecified atom stereocenters. The van der Waals surface area contributed by atoms with Gasteiger partial charge < -0.3 is 0 Å². The monoisotopic (exact) mass is 679 g/mol. The lowest BCUT2D eigenvalue weighted by Crippen LogP contribution is -2.00. The lowest BCUT2D eigenvalue weighted by Gasteiger charge is -2.09. The predicted octanol–water partition coefficient (Wildman–Crippen LogP) is 12.9. The second-order valence-corrected chi connectivity index (χ2v) is 14.0. The van der Waals surface area contributed by atoms with Crippen LogP contribution in [0.1, 0.15) is 8.22 Å². The first-order valence-corrected chi connectivity index (χ1v) is 17.8. The van der Waals surface area contributed by atoms with E-state index in [-0.39, 0.29) is 53.0 Å². The number of hydrogen-bond acceptors (Lipinski definition) is 5. The topological polar surface area (TPSA) is 38.7 Å². The van der Waals surface area contributed by atoms with Crippen LogP contribution < -0.4 is 0 Å². The third-order valence-electron chi connectivity index (χ3n) is 8.88. The molecule has 0 aliphatic carbocycles. The van der Waals surface area contributed by atoms with E-state index < -0.39 is 0 Å². The number of rotatable bonds is 5. The Hall–Kier alpha value is -6.01. The third-order valence-corrected chi connectivity index (χ3v) is 11.1. The van der Waals surface area contributed by atoms with E-state index in [1.165, 1.54) is 11.3 Å². The molecule has 3 nitrogen and oxygen atoms in total. The summed E-state index contributed by atoms with van der Waals surface area (Å²) in [6, 6.07) is 40.4. The molecule has 234 valence electrons. The maximum absolute atomic E-state index is 9.64. The molecule has 7 aromatic carbocycles. The van der Waals surface area contributed by atoms with Crippen molar-refractivity contribution in [2.75, 3.05) is 0 Å². The van der Waals surface area contributed by atoms with Crippen molar-refractivity contribution in [1.29, 1.82) is 0 Å². The Kier molecular flexibility index (Phi) is 5.54. The smallest absolute Gasteiger partial charge is 0.164 e. The lowest BCUT2D eigenvalue weighted by molar-refractivity contribution is 1.08. The van der Waals surface area contributed by atoms with Crippen LogP contribution >= 0.6 is 22.7 Å². The van der Waals surface area contributed by atoms with E-state index in [1.807, 2.05) is 109 Å². The number of thiophene rings is 2. The first-order valence-electron chi connectivity index (χ1n) is 19.1. The van der Waals surface area contributed by atoms with Crippen LogP contribution in [0.15, 0.2) is 164 Å². The Balaban J connectivity index is 1.22. The van der Waals surface area contributed by atoms with Crippen LogP contribution in [0.3, 0.4) is 0 Å². The molecule has 50 heavy (non-hydrogen) atoms. The number of hydrogen-bond donors (Lipinski definition) is 0. The fraction of sp³-hybridized carbons (Fsp3) is 0. The summed E-state index contributed by atoms with van der Waals surface area (Å²) in [5.74, 6) is 0.854. The van der Waals surface area contributed by atoms with Gasteiger partial charge in [-0.25, -0.2) is 15.0 Å². The molecule has 0 N–H and O–H groups in total. The number of benzene rings is 7. The standard InChI is InChI=1S/C45H27N3S2/c1-3-11-28(12-4-1)29-21-23-30(24-22-29)33-16-9-17-35-34-26-25-32(27-40(34)50-42(33)35)44-46-43(31-13-5-2-6-14-31)47-45(48-44)37-18-10-20-39-41(37)36-15-7-8-19-38(36)49-39/h1-27H/i9D,16D,17D,25D,26D,27D. The molecule has 0 atom stereocenters. The van der Waals surface area contributed by atoms with Crippen molar-refractivity contribution in [3.63, 3.8) is 0 Å². The minimum Gasteiger partial charge on any atom is -0.208 e. The molecule has 0 saturated carbocycles. The minimum atomic E-state index is -0.273. The average Bonchev–Trinajstić information content (AvgIpc) is 3.83. The fourth-order valence-electron chi connectivity index (χ4n) is 6.48. The maximum Gasteiger partial charge on any atom is 0.164 e. The van der Waals surface area contributed by atoms with E-state index >= 15 is 0 Å². The predicted molar refractivity (Wildman–Crippen MR) is 213 cm³/mol. The molecule has 5 heteroatoms. The van der Waals surface area contributed by atoms with Crippen molar-refractivity contribution in [2.24, 2.45) is 0 Å². The molecule has 0 saturated heterocycles. The third kappa shape index (κ3) is 4.90. The summed E-state index contributed by atoms with van der Waals surface area (Å²) in [6.45, 7) is 0. The Bertz CT molecular complexity index is 3200. The molecule has 0 aliphatic heterocycles. The summed E-state index contributed by atoms with van der Waals surface area (Å²) in [6.07, 6.45) is 0. The number of nitrogens with zero attached hydrogens (tertiary/aromatic N) is 3. The molecular formula is C45H27N3S2. The van der Waals surface area contributed by atoms with Crippen molar-refractivity contribution >= 4 is 63.0 Å². The van der Waals surface area contributed by atoms with E-state index in [0.29, 0.717) is 37.6 Å². The zero-order valence-corrected chi connectivity index (χ0v) is 27.9. The van der Waals surface area contributed by atoms with Gasteiger partial charge in [0.15, 0.2) is 17.5 Å². The second kappa shape index (κ2) is 11.8. The van der Waals surface area contributed by atoms with Gasteiger partial charge in [-0.15, -0.1) is 22.7 Å². The van der Waals surface area contributed by atoms with Crippen LogP contribution in [0, 0.1) is 0 Å². The van der Waals surface area contributed by atoms with E-state index in [4.69, 9.17) is 19.1 Å². The van der Waals surface area contributed by atoms with Gasteiger partial charge in [0.1, 0.15) is 0 Å². The molecule has 3 heterocycles. The molecule has 10 aromatic rings. The SMILES string of the molecule is [2H]c1c([2H])c([2H])c2c(sc3c([2H])c(-c4nc(-c5ccccc5)nc(-c5cccc6sc7ccccc7c56)n4)c([2H])c([2H])c32)c1-c1ccc(-c2ccccc2)cc1. The van der Waals surface area contributed by atoms with Gasteiger partial charge in [0, 0.05) is 57.0 Å².